The van der Waals surface area contributed by atoms with Crippen molar-refractivity contribution >= 4 is 94.0 Å². The summed E-state index contributed by atoms with van der Waals surface area (Å²) in [5, 5.41) is 9.90. The van der Waals surface area contributed by atoms with Crippen molar-refractivity contribution in [2.75, 3.05) is 125 Å². The topological polar surface area (TPSA) is 233 Å². The van der Waals surface area contributed by atoms with Crippen molar-refractivity contribution < 1.29 is 81.7 Å². The van der Waals surface area contributed by atoms with Crippen LogP contribution in [-0.4, -0.2) is 189 Å². The van der Waals surface area contributed by atoms with Gasteiger partial charge >= 0.3 is 48.7 Å². The van der Waals surface area contributed by atoms with Crippen LogP contribution >= 0.6 is 23.2 Å². The highest BCUT2D eigenvalue weighted by Gasteiger charge is 2.44. The van der Waals surface area contributed by atoms with Crippen LogP contribution in [0.1, 0.15) is 106 Å². The van der Waals surface area contributed by atoms with Gasteiger partial charge in [-0.25, -0.2) is 39.5 Å². The average molecular weight is 1540 g/mol. The minimum atomic E-state index is -5.03. The van der Waals surface area contributed by atoms with E-state index in [1.165, 1.54) is 56.8 Å². The first-order valence-electron chi connectivity index (χ1n) is 34.4. The Bertz CT molecular complexity index is 4070. The summed E-state index contributed by atoms with van der Waals surface area (Å²) < 4.78 is 172. The Morgan fingerprint density at radius 3 is 1.16 bits per heavy atom. The van der Waals surface area contributed by atoms with E-state index in [9.17, 15) is 77.0 Å². The number of hydrogen-bond donors (Lipinski definition) is 1. The summed E-state index contributed by atoms with van der Waals surface area (Å²) in [4.78, 5) is 102. The average Bonchev–Trinajstić information content (AvgIpc) is 1.74. The fraction of sp³-hybridized carbons (Fsp3) is 0.529. The van der Waals surface area contributed by atoms with Gasteiger partial charge < -0.3 is 49.0 Å². The predicted octanol–water partition coefficient (Wildman–Crippen LogP) is 12.9. The van der Waals surface area contributed by atoms with Crippen molar-refractivity contribution in [2.24, 2.45) is 11.8 Å². The van der Waals surface area contributed by atoms with Gasteiger partial charge in [-0.2, -0.15) is 62.7 Å². The lowest BCUT2D eigenvalue weighted by molar-refractivity contribution is -0.149. The van der Waals surface area contributed by atoms with Crippen molar-refractivity contribution in [1.29, 1.82) is 0 Å². The Balaban J connectivity index is 0.000000212. The number of amides is 4. The second-order valence-corrected chi connectivity index (χ2v) is 27.6. The molecule has 0 radical (unpaired) electrons. The molecule has 0 saturated carbocycles. The molecule has 2 aromatic carbocycles. The number of aliphatic carboxylic acids is 1. The van der Waals surface area contributed by atoms with Crippen molar-refractivity contribution in [2.45, 2.75) is 134 Å². The number of anilines is 8. The number of halogens is 14. The van der Waals surface area contributed by atoms with Gasteiger partial charge in [-0.15, -0.1) is 0 Å². The van der Waals surface area contributed by atoms with Crippen LogP contribution in [0.4, 0.5) is 109 Å². The van der Waals surface area contributed by atoms with Crippen LogP contribution in [0.3, 0.4) is 0 Å². The van der Waals surface area contributed by atoms with Gasteiger partial charge in [-0.05, 0) is 106 Å². The number of piperidine rings is 2. The number of alkyl halides is 12. The number of likely N-dealkylation sites (N-methyl/N-ethyl adjacent to an activating group) is 2. The van der Waals surface area contributed by atoms with Crippen molar-refractivity contribution in [3.63, 3.8) is 0 Å². The molecular formula is C68H76Cl2F12N18O6. The van der Waals surface area contributed by atoms with E-state index >= 15 is 0 Å². The molecule has 6 aliphatic heterocycles. The Morgan fingerprint density at radius 1 is 0.509 bits per heavy atom. The fourth-order valence-electron chi connectivity index (χ4n) is 14.2. The number of nitrogens with zero attached hydrogens (tertiary/aromatic N) is 18. The van der Waals surface area contributed by atoms with E-state index in [0.717, 1.165) is 0 Å². The lowest BCUT2D eigenvalue weighted by Gasteiger charge is -2.32. The molecule has 0 unspecified atom stereocenters. The summed E-state index contributed by atoms with van der Waals surface area (Å²) >= 11 is 13.3. The monoisotopic (exact) mass is 1540 g/mol. The highest BCUT2D eigenvalue weighted by Crippen LogP contribution is 2.43. The molecule has 1 N–H and O–H groups in total. The number of benzene rings is 2. The summed E-state index contributed by atoms with van der Waals surface area (Å²) in [5.74, 6) is -0.0644. The fourth-order valence-corrected chi connectivity index (χ4v) is 14.6. The highest BCUT2D eigenvalue weighted by molar-refractivity contribution is 6.33. The number of rotatable bonds is 19. The van der Waals surface area contributed by atoms with Crippen LogP contribution in [-0.2, 0) is 52.1 Å². The smallest absolute Gasteiger partial charge is 0.416 e. The molecule has 106 heavy (non-hydrogen) atoms. The van der Waals surface area contributed by atoms with E-state index < -0.39 is 77.5 Å². The van der Waals surface area contributed by atoms with Gasteiger partial charge in [0, 0.05) is 105 Å². The molecule has 0 spiro atoms. The van der Waals surface area contributed by atoms with E-state index in [1.807, 2.05) is 33.4 Å². The summed E-state index contributed by atoms with van der Waals surface area (Å²) in [7, 11) is 3.30. The maximum atomic E-state index is 13.9. The van der Waals surface area contributed by atoms with Crippen LogP contribution in [0.15, 0.2) is 73.6 Å². The van der Waals surface area contributed by atoms with Gasteiger partial charge in [0.2, 0.25) is 23.8 Å². The maximum Gasteiger partial charge on any atom is 0.416 e. The van der Waals surface area contributed by atoms with Crippen LogP contribution in [0.2, 0.25) is 10.0 Å². The zero-order valence-electron chi connectivity index (χ0n) is 58.1. The molecule has 0 aliphatic carbocycles. The van der Waals surface area contributed by atoms with Crippen molar-refractivity contribution in [3.05, 3.63) is 117 Å². The molecule has 24 nitrogen and oxygen atoms in total. The SMILES string of the molecule is CCOC(=O)C1CCN(c2ncc(Cl)c(N3C[C@@H](N(Cc4cc(C(F)(F)F)cc(C(F)(F)F)c4)c4ncc(N5CCN(C)C5=O)cn4)C[C@H]3CC)n2)CC1.CC[C@@H]1C[C@H](N(Cc2cc(C(F)(F)F)cc(C(F)(F)F)c2)c2ncc(N3CCN(C)C3=O)cn2)CN1c1nc(N2CCC(C(=O)O)CC2)ncc1Cl. The third-order valence-electron chi connectivity index (χ3n) is 19.9. The summed E-state index contributed by atoms with van der Waals surface area (Å²) in [6.45, 7) is 9.25. The zero-order valence-corrected chi connectivity index (χ0v) is 59.6. The Labute approximate surface area is 611 Å². The summed E-state index contributed by atoms with van der Waals surface area (Å²) in [6, 6.07) is 1.05. The number of carboxylic acid groups (broad SMARTS) is 1. The third-order valence-corrected chi connectivity index (χ3v) is 20.5. The van der Waals surface area contributed by atoms with E-state index in [4.69, 9.17) is 37.9 Å². The molecule has 4 atom stereocenters. The van der Waals surface area contributed by atoms with Crippen molar-refractivity contribution in [3.8, 4) is 0 Å². The molecule has 0 bridgehead atoms. The summed E-state index contributed by atoms with van der Waals surface area (Å²) in [6.07, 6.45) is -7.52. The molecule has 4 amide bonds. The molecule has 12 rings (SSSR count). The molecule has 6 aliphatic rings. The third kappa shape index (κ3) is 17.6. The van der Waals surface area contributed by atoms with Gasteiger partial charge in [0.05, 0.1) is 101 Å². The number of carboxylic acids is 1. The Hall–Kier alpha value is -9.22. The molecule has 572 valence electrons. The quantitative estimate of drug-likeness (QED) is 0.0586. The second-order valence-electron chi connectivity index (χ2n) is 26.8. The normalized spacial score (nSPS) is 20.1. The lowest BCUT2D eigenvalue weighted by atomic mass is 9.97. The van der Waals surface area contributed by atoms with E-state index in [-0.39, 0.29) is 101 Å². The number of urea groups is 2. The zero-order chi connectivity index (χ0) is 76.5. The first kappa shape index (κ1) is 77.9. The first-order chi connectivity index (χ1) is 50.1. The summed E-state index contributed by atoms with van der Waals surface area (Å²) in [5.41, 5.74) is -5.40. The molecule has 6 fully saturated rings. The van der Waals surface area contributed by atoms with E-state index in [1.54, 1.807) is 30.8 Å². The van der Waals surface area contributed by atoms with E-state index in [0.29, 0.717) is 170 Å². The molecule has 4 aromatic heterocycles. The van der Waals surface area contributed by atoms with Crippen LogP contribution in [0, 0.1) is 11.8 Å². The standard InChI is InChI=1S/C35H40ClF6N9O3.C33H36ClF6N9O3/c1-4-25-15-26(20-50(25)29-28(36)18-45-32(46-29)48-8-6-22(7-9-48)30(52)54-5-2)51(31-43-16-27(17-44-31)49-11-10-47(3)33(49)53)19-21-12-23(34(37,38)39)14-24(13-21)35(40,41)42;1-3-23-13-24(18-48(23)27-26(34)16-43-30(44-27)46-6-4-20(5-7-46)28(50)51)49(29-41-14-25(15-42-29)47-9-8-45(2)31(47)52)17-19-10-21(32(35,36)37)12-22(11-19)33(38,39)40/h12-14,16-18,22,25-26H,4-11,15,19-20H2,1-3H3;10-12,14-16,20,23-24H,3-9,13,17-18H2,1-2H3,(H,50,51)/t25-,26+;23-,24+/m11/s1. The highest BCUT2D eigenvalue weighted by atomic mass is 35.5. The van der Waals surface area contributed by atoms with Gasteiger partial charge in [-0.1, -0.05) is 37.0 Å². The maximum absolute atomic E-state index is 13.9. The predicted molar refractivity (Wildman–Crippen MR) is 368 cm³/mol. The van der Waals surface area contributed by atoms with E-state index in [2.05, 4.69) is 29.9 Å². The second kappa shape index (κ2) is 31.7. The number of hydrogen-bond acceptors (Lipinski definition) is 19. The number of esters is 1. The van der Waals surface area contributed by atoms with Crippen molar-refractivity contribution in [1.82, 2.24) is 49.7 Å². The molecule has 6 aromatic rings. The minimum absolute atomic E-state index is 0.0483. The molecule has 6 saturated heterocycles. The number of ether oxygens (including phenoxy) is 1. The first-order valence-corrected chi connectivity index (χ1v) is 35.1. The van der Waals surface area contributed by atoms with Crippen LogP contribution < -0.4 is 39.2 Å². The lowest BCUT2D eigenvalue weighted by Crippen LogP contribution is -2.39. The molecule has 10 heterocycles. The van der Waals surface area contributed by atoms with Gasteiger partial charge in [-0.3, -0.25) is 19.4 Å². The van der Waals surface area contributed by atoms with Gasteiger partial charge in [0.1, 0.15) is 10.0 Å². The number of carbonyl (C=O) groups excluding carboxylic acids is 3. The van der Waals surface area contributed by atoms with Gasteiger partial charge in [0.15, 0.2) is 11.6 Å². The molecule has 38 heteroatoms. The largest absolute Gasteiger partial charge is 0.481 e. The minimum Gasteiger partial charge on any atom is -0.481 e. The Kier molecular flexibility index (Phi) is 23.3. The van der Waals surface area contributed by atoms with Crippen LogP contribution in [0.5, 0.6) is 0 Å². The Morgan fingerprint density at radius 2 is 0.858 bits per heavy atom. The number of aromatic nitrogens is 8. The van der Waals surface area contributed by atoms with Gasteiger partial charge in [0.25, 0.3) is 0 Å². The molecular weight excluding hydrogens is 1460 g/mol. The number of carbonyl (C=O) groups is 4. The van der Waals surface area contributed by atoms with Crippen LogP contribution in [0.25, 0.3) is 0 Å².